The van der Waals surface area contributed by atoms with Gasteiger partial charge in [0.05, 0.1) is 0 Å². The molecule has 4 heteroatoms. The van der Waals surface area contributed by atoms with Gasteiger partial charge in [-0.15, -0.1) is 0 Å². The van der Waals surface area contributed by atoms with Crippen LogP contribution in [0.2, 0.25) is 0 Å². The highest BCUT2D eigenvalue weighted by atomic mass is 16.2. The Labute approximate surface area is 123 Å². The van der Waals surface area contributed by atoms with Crippen LogP contribution in [0.4, 0.5) is 0 Å². The zero-order valence-electron chi connectivity index (χ0n) is 13.2. The largest absolute Gasteiger partial charge is 0.341 e. The van der Waals surface area contributed by atoms with Gasteiger partial charge in [0.25, 0.3) is 0 Å². The molecule has 2 heterocycles. The van der Waals surface area contributed by atoms with Gasteiger partial charge < -0.3 is 10.6 Å². The number of amides is 1. The van der Waals surface area contributed by atoms with Gasteiger partial charge in [0.1, 0.15) is 0 Å². The van der Waals surface area contributed by atoms with E-state index in [1.54, 1.807) is 0 Å². The molecule has 0 aliphatic carbocycles. The van der Waals surface area contributed by atoms with Gasteiger partial charge in [0, 0.05) is 31.6 Å². The number of hydrogen-bond acceptors (Lipinski definition) is 3. The third-order valence-corrected chi connectivity index (χ3v) is 5.42. The topological polar surface area (TPSA) is 49.6 Å². The van der Waals surface area contributed by atoms with Crippen LogP contribution in [0.15, 0.2) is 0 Å². The second-order valence-electron chi connectivity index (χ2n) is 6.57. The summed E-state index contributed by atoms with van der Waals surface area (Å²) < 4.78 is 0. The summed E-state index contributed by atoms with van der Waals surface area (Å²) in [6, 6.07) is 1.30. The molecular weight excluding hydrogens is 250 g/mol. The molecule has 116 valence electrons. The number of carbonyl (C=O) groups is 1. The van der Waals surface area contributed by atoms with Crippen molar-refractivity contribution in [3.05, 3.63) is 0 Å². The van der Waals surface area contributed by atoms with E-state index in [4.69, 9.17) is 5.73 Å². The van der Waals surface area contributed by atoms with Crippen molar-refractivity contribution < 1.29 is 4.79 Å². The first-order valence-corrected chi connectivity index (χ1v) is 8.35. The molecule has 2 bridgehead atoms. The quantitative estimate of drug-likeness (QED) is 0.808. The lowest BCUT2D eigenvalue weighted by atomic mass is 9.96. The SMILES string of the molecule is CCC(CCN)CCC(=O)N1CCC2CCC(C1)N2C. The third kappa shape index (κ3) is 3.73. The van der Waals surface area contributed by atoms with Crippen molar-refractivity contribution in [2.75, 3.05) is 26.7 Å². The van der Waals surface area contributed by atoms with Crippen molar-refractivity contribution in [1.82, 2.24) is 9.80 Å². The van der Waals surface area contributed by atoms with E-state index >= 15 is 0 Å². The number of fused-ring (bicyclic) bond motifs is 2. The van der Waals surface area contributed by atoms with Gasteiger partial charge in [-0.3, -0.25) is 9.69 Å². The maximum Gasteiger partial charge on any atom is 0.222 e. The van der Waals surface area contributed by atoms with E-state index in [1.165, 1.54) is 12.8 Å². The molecule has 2 rings (SSSR count). The van der Waals surface area contributed by atoms with Gasteiger partial charge >= 0.3 is 0 Å². The Hall–Kier alpha value is -0.610. The fourth-order valence-electron chi connectivity index (χ4n) is 3.81. The standard InChI is InChI=1S/C16H31N3O/c1-3-13(8-10-17)4-7-16(20)19-11-9-14-5-6-15(12-19)18(14)2/h13-15H,3-12,17H2,1-2H3. The fraction of sp³-hybridized carbons (Fsp3) is 0.938. The summed E-state index contributed by atoms with van der Waals surface area (Å²) in [6.07, 6.45) is 7.63. The lowest BCUT2D eigenvalue weighted by Gasteiger charge is -2.26. The molecule has 0 aromatic carbocycles. The molecule has 2 aliphatic heterocycles. The van der Waals surface area contributed by atoms with Crippen LogP contribution in [0.25, 0.3) is 0 Å². The third-order valence-electron chi connectivity index (χ3n) is 5.42. The summed E-state index contributed by atoms with van der Waals surface area (Å²) in [5.41, 5.74) is 5.63. The second kappa shape index (κ2) is 7.41. The van der Waals surface area contributed by atoms with E-state index in [0.29, 0.717) is 30.3 Å². The summed E-state index contributed by atoms with van der Waals surface area (Å²) in [4.78, 5) is 17.1. The molecule has 0 spiro atoms. The van der Waals surface area contributed by atoms with E-state index in [0.717, 1.165) is 45.3 Å². The first kappa shape index (κ1) is 15.8. The molecule has 2 aliphatic rings. The number of likely N-dealkylation sites (N-methyl/N-ethyl adjacent to an activating group) is 1. The molecule has 0 aromatic heterocycles. The van der Waals surface area contributed by atoms with Crippen LogP contribution < -0.4 is 5.73 Å². The Morgan fingerprint density at radius 1 is 1.25 bits per heavy atom. The van der Waals surface area contributed by atoms with Gasteiger partial charge in [0.15, 0.2) is 0 Å². The van der Waals surface area contributed by atoms with E-state index in [-0.39, 0.29) is 0 Å². The Morgan fingerprint density at radius 3 is 2.70 bits per heavy atom. The Balaban J connectivity index is 1.80. The zero-order valence-corrected chi connectivity index (χ0v) is 13.2. The molecule has 2 saturated heterocycles. The van der Waals surface area contributed by atoms with Crippen molar-refractivity contribution in [1.29, 1.82) is 0 Å². The highest BCUT2D eigenvalue weighted by Crippen LogP contribution is 2.29. The van der Waals surface area contributed by atoms with Crippen LogP contribution in [0.3, 0.4) is 0 Å². The summed E-state index contributed by atoms with van der Waals surface area (Å²) in [7, 11) is 2.23. The smallest absolute Gasteiger partial charge is 0.222 e. The summed E-state index contributed by atoms with van der Waals surface area (Å²) in [6.45, 7) is 4.84. The number of nitrogens with zero attached hydrogens (tertiary/aromatic N) is 2. The average Bonchev–Trinajstić information content (AvgIpc) is 2.67. The highest BCUT2D eigenvalue weighted by Gasteiger charge is 2.35. The number of likely N-dealkylation sites (tertiary alicyclic amines) is 1. The number of carbonyl (C=O) groups excluding carboxylic acids is 1. The second-order valence-corrected chi connectivity index (χ2v) is 6.57. The number of hydrogen-bond donors (Lipinski definition) is 1. The maximum absolute atomic E-state index is 12.4. The highest BCUT2D eigenvalue weighted by molar-refractivity contribution is 5.76. The molecule has 1 amide bonds. The van der Waals surface area contributed by atoms with Crippen LogP contribution in [0, 0.1) is 5.92 Å². The predicted octanol–water partition coefficient (Wildman–Crippen LogP) is 1.84. The molecule has 3 atom stereocenters. The van der Waals surface area contributed by atoms with Gasteiger partial charge in [-0.25, -0.2) is 0 Å². The fourth-order valence-corrected chi connectivity index (χ4v) is 3.81. The Bertz CT molecular complexity index is 321. The summed E-state index contributed by atoms with van der Waals surface area (Å²) in [5.74, 6) is 0.983. The summed E-state index contributed by atoms with van der Waals surface area (Å²) in [5, 5.41) is 0. The molecule has 0 saturated carbocycles. The van der Waals surface area contributed by atoms with Crippen molar-refractivity contribution in [2.45, 2.75) is 64.0 Å². The Kier molecular flexibility index (Phi) is 5.85. The van der Waals surface area contributed by atoms with Gasteiger partial charge in [-0.05, 0) is 51.6 Å². The van der Waals surface area contributed by atoms with Gasteiger partial charge in [-0.1, -0.05) is 13.3 Å². The Morgan fingerprint density at radius 2 is 2.00 bits per heavy atom. The molecule has 3 unspecified atom stereocenters. The van der Waals surface area contributed by atoms with Crippen LogP contribution in [0.1, 0.15) is 51.9 Å². The first-order valence-electron chi connectivity index (χ1n) is 8.35. The van der Waals surface area contributed by atoms with Gasteiger partial charge in [0.2, 0.25) is 5.91 Å². The van der Waals surface area contributed by atoms with Crippen LogP contribution >= 0.6 is 0 Å². The monoisotopic (exact) mass is 281 g/mol. The molecule has 2 N–H and O–H groups in total. The van der Waals surface area contributed by atoms with Crippen LogP contribution in [0.5, 0.6) is 0 Å². The first-order chi connectivity index (χ1) is 9.65. The molecule has 2 fully saturated rings. The number of rotatable bonds is 6. The molecule has 0 aromatic rings. The van der Waals surface area contributed by atoms with Gasteiger partial charge in [-0.2, -0.15) is 0 Å². The van der Waals surface area contributed by atoms with Crippen molar-refractivity contribution >= 4 is 5.91 Å². The van der Waals surface area contributed by atoms with E-state index in [9.17, 15) is 4.79 Å². The van der Waals surface area contributed by atoms with Crippen LogP contribution in [-0.2, 0) is 4.79 Å². The summed E-state index contributed by atoms with van der Waals surface area (Å²) >= 11 is 0. The zero-order chi connectivity index (χ0) is 14.5. The maximum atomic E-state index is 12.4. The normalized spacial score (nSPS) is 28.4. The average molecular weight is 281 g/mol. The lowest BCUT2D eigenvalue weighted by Crippen LogP contribution is -2.39. The minimum Gasteiger partial charge on any atom is -0.341 e. The minimum absolute atomic E-state index is 0.362. The van der Waals surface area contributed by atoms with Crippen molar-refractivity contribution in [3.8, 4) is 0 Å². The molecule has 20 heavy (non-hydrogen) atoms. The van der Waals surface area contributed by atoms with E-state index < -0.39 is 0 Å². The molecule has 0 radical (unpaired) electrons. The predicted molar refractivity (Wildman–Crippen MR) is 82.5 cm³/mol. The molecular formula is C16H31N3O. The van der Waals surface area contributed by atoms with Crippen molar-refractivity contribution in [2.24, 2.45) is 11.7 Å². The minimum atomic E-state index is 0.362. The van der Waals surface area contributed by atoms with Crippen LogP contribution in [-0.4, -0.2) is 54.5 Å². The van der Waals surface area contributed by atoms with E-state index in [1.807, 2.05) is 0 Å². The van der Waals surface area contributed by atoms with Crippen molar-refractivity contribution in [3.63, 3.8) is 0 Å². The van der Waals surface area contributed by atoms with E-state index in [2.05, 4.69) is 23.8 Å². The number of nitrogens with two attached hydrogens (primary N) is 1. The molecule has 4 nitrogen and oxygen atoms in total. The lowest BCUT2D eigenvalue weighted by molar-refractivity contribution is -0.131.